The minimum atomic E-state index is -4.68. The van der Waals surface area contributed by atoms with E-state index in [-0.39, 0.29) is 5.75 Å². The van der Waals surface area contributed by atoms with Crippen molar-refractivity contribution in [1.82, 2.24) is 9.55 Å². The zero-order valence-corrected chi connectivity index (χ0v) is 11.7. The van der Waals surface area contributed by atoms with Crippen molar-refractivity contribution in [2.24, 2.45) is 0 Å². The summed E-state index contributed by atoms with van der Waals surface area (Å²) in [7, 11) is 0. The second kappa shape index (κ2) is 6.07. The Morgan fingerprint density at radius 3 is 2.48 bits per heavy atom. The molecule has 1 aromatic heterocycles. The van der Waals surface area contributed by atoms with E-state index in [0.29, 0.717) is 11.6 Å². The van der Waals surface area contributed by atoms with Gasteiger partial charge in [-0.1, -0.05) is 6.92 Å². The van der Waals surface area contributed by atoms with Gasteiger partial charge >= 0.3 is 6.36 Å². The number of rotatable bonds is 5. The van der Waals surface area contributed by atoms with Crippen molar-refractivity contribution in [3.05, 3.63) is 36.2 Å². The molecular formula is C14H16F3N3O. The fraction of sp³-hybridized carbons (Fsp3) is 0.357. The summed E-state index contributed by atoms with van der Waals surface area (Å²) in [4.78, 5) is 4.35. The number of ether oxygens (including phenoxy) is 1. The maximum absolute atomic E-state index is 12.1. The first kappa shape index (κ1) is 15.2. The predicted molar refractivity (Wildman–Crippen MR) is 73.7 cm³/mol. The summed E-state index contributed by atoms with van der Waals surface area (Å²) in [5.41, 5.74) is 1.52. The summed E-state index contributed by atoms with van der Waals surface area (Å²) in [6.45, 7) is 4.76. The molecule has 0 aliphatic rings. The van der Waals surface area contributed by atoms with Crippen LogP contribution in [0.2, 0.25) is 0 Å². The van der Waals surface area contributed by atoms with Crippen LogP contribution in [0.1, 0.15) is 19.0 Å². The Bertz CT molecular complexity index is 591. The number of nitrogens with one attached hydrogen (secondary N) is 1. The standard InChI is InChI=1S/C14H16F3N3O/c1-3-8-20-9-10(2)18-13(20)19-11-4-6-12(7-5-11)21-14(15,16)17/h4-7,9H,3,8H2,1-2H3,(H,18,19). The van der Waals surface area contributed by atoms with Crippen LogP contribution in [0.25, 0.3) is 0 Å². The fourth-order valence-electron chi connectivity index (χ4n) is 1.93. The smallest absolute Gasteiger partial charge is 0.406 e. The van der Waals surface area contributed by atoms with E-state index in [1.54, 1.807) is 0 Å². The lowest BCUT2D eigenvalue weighted by Crippen LogP contribution is -2.17. The second-order valence-electron chi connectivity index (χ2n) is 4.60. The average Bonchev–Trinajstić information content (AvgIpc) is 2.71. The number of aromatic nitrogens is 2. The van der Waals surface area contributed by atoms with Gasteiger partial charge in [0, 0.05) is 18.4 Å². The number of hydrogen-bond donors (Lipinski definition) is 1. The fourth-order valence-corrected chi connectivity index (χ4v) is 1.93. The number of alkyl halides is 3. The third-order valence-corrected chi connectivity index (χ3v) is 2.71. The van der Waals surface area contributed by atoms with Crippen LogP contribution in [-0.4, -0.2) is 15.9 Å². The van der Waals surface area contributed by atoms with Crippen LogP contribution in [0, 0.1) is 6.92 Å². The zero-order chi connectivity index (χ0) is 15.5. The number of aryl methyl sites for hydroxylation is 2. The molecule has 114 valence electrons. The van der Waals surface area contributed by atoms with Gasteiger partial charge in [0.25, 0.3) is 0 Å². The number of imidazole rings is 1. The number of halogens is 3. The Balaban J connectivity index is 2.10. The van der Waals surface area contributed by atoms with Gasteiger partial charge in [0.05, 0.1) is 5.69 Å². The van der Waals surface area contributed by atoms with Gasteiger partial charge in [0.15, 0.2) is 0 Å². The van der Waals surface area contributed by atoms with E-state index in [2.05, 4.69) is 22.0 Å². The van der Waals surface area contributed by atoms with Crippen molar-refractivity contribution < 1.29 is 17.9 Å². The molecule has 0 spiro atoms. The molecule has 1 heterocycles. The lowest BCUT2D eigenvalue weighted by molar-refractivity contribution is -0.274. The number of hydrogen-bond acceptors (Lipinski definition) is 3. The molecular weight excluding hydrogens is 283 g/mol. The highest BCUT2D eigenvalue weighted by Gasteiger charge is 2.30. The van der Waals surface area contributed by atoms with E-state index in [1.165, 1.54) is 24.3 Å². The first-order chi connectivity index (χ1) is 9.87. The zero-order valence-electron chi connectivity index (χ0n) is 11.7. The Labute approximate surface area is 120 Å². The second-order valence-corrected chi connectivity index (χ2v) is 4.60. The van der Waals surface area contributed by atoms with E-state index in [0.717, 1.165) is 18.7 Å². The molecule has 0 saturated heterocycles. The Kier molecular flexibility index (Phi) is 4.40. The highest BCUT2D eigenvalue weighted by atomic mass is 19.4. The molecule has 0 aliphatic carbocycles. The molecule has 0 aliphatic heterocycles. The minimum Gasteiger partial charge on any atom is -0.406 e. The van der Waals surface area contributed by atoms with Gasteiger partial charge in [-0.15, -0.1) is 13.2 Å². The van der Waals surface area contributed by atoms with Crippen molar-refractivity contribution in [2.45, 2.75) is 33.2 Å². The van der Waals surface area contributed by atoms with E-state index >= 15 is 0 Å². The topological polar surface area (TPSA) is 39.1 Å². The third-order valence-electron chi connectivity index (χ3n) is 2.71. The molecule has 0 saturated carbocycles. The van der Waals surface area contributed by atoms with Crippen LogP contribution in [0.5, 0.6) is 5.75 Å². The lowest BCUT2D eigenvalue weighted by atomic mass is 10.3. The molecule has 0 atom stereocenters. The summed E-state index contributed by atoms with van der Waals surface area (Å²) >= 11 is 0. The van der Waals surface area contributed by atoms with Crippen LogP contribution < -0.4 is 10.1 Å². The Hall–Kier alpha value is -2.18. The van der Waals surface area contributed by atoms with E-state index in [1.807, 2.05) is 17.7 Å². The lowest BCUT2D eigenvalue weighted by Gasteiger charge is -2.11. The minimum absolute atomic E-state index is 0.249. The van der Waals surface area contributed by atoms with Gasteiger partial charge in [0.1, 0.15) is 5.75 Å². The van der Waals surface area contributed by atoms with Gasteiger partial charge in [0.2, 0.25) is 5.95 Å². The molecule has 1 aromatic carbocycles. The van der Waals surface area contributed by atoms with E-state index in [9.17, 15) is 13.2 Å². The van der Waals surface area contributed by atoms with Crippen LogP contribution >= 0.6 is 0 Å². The molecule has 2 rings (SSSR count). The molecule has 4 nitrogen and oxygen atoms in total. The largest absolute Gasteiger partial charge is 0.573 e. The first-order valence-electron chi connectivity index (χ1n) is 6.54. The van der Waals surface area contributed by atoms with Gasteiger partial charge in [-0.05, 0) is 37.6 Å². The van der Waals surface area contributed by atoms with Crippen molar-refractivity contribution in [3.63, 3.8) is 0 Å². The number of anilines is 2. The predicted octanol–water partition coefficient (Wildman–Crippen LogP) is 4.24. The number of benzene rings is 1. The maximum Gasteiger partial charge on any atom is 0.573 e. The summed E-state index contributed by atoms with van der Waals surface area (Å²) < 4.78 is 42.0. The summed E-state index contributed by atoms with van der Waals surface area (Å²) in [6, 6.07) is 5.55. The molecule has 0 unspecified atom stereocenters. The van der Waals surface area contributed by atoms with Gasteiger partial charge in [-0.25, -0.2) is 4.98 Å². The molecule has 0 amide bonds. The normalized spacial score (nSPS) is 11.5. The summed E-state index contributed by atoms with van der Waals surface area (Å²) in [5, 5.41) is 3.08. The maximum atomic E-state index is 12.1. The van der Waals surface area contributed by atoms with Crippen molar-refractivity contribution in [3.8, 4) is 5.75 Å². The molecule has 7 heteroatoms. The van der Waals surface area contributed by atoms with Crippen LogP contribution in [0.15, 0.2) is 30.5 Å². The van der Waals surface area contributed by atoms with Crippen LogP contribution in [-0.2, 0) is 6.54 Å². The first-order valence-corrected chi connectivity index (χ1v) is 6.54. The monoisotopic (exact) mass is 299 g/mol. The van der Waals surface area contributed by atoms with E-state index in [4.69, 9.17) is 0 Å². The quantitative estimate of drug-likeness (QED) is 0.897. The molecule has 21 heavy (non-hydrogen) atoms. The molecule has 0 radical (unpaired) electrons. The highest BCUT2D eigenvalue weighted by molar-refractivity contribution is 5.55. The van der Waals surface area contributed by atoms with Crippen LogP contribution in [0.4, 0.5) is 24.8 Å². The summed E-state index contributed by atoms with van der Waals surface area (Å²) in [5.74, 6) is 0.417. The van der Waals surface area contributed by atoms with Crippen molar-refractivity contribution in [1.29, 1.82) is 0 Å². The SMILES string of the molecule is CCCn1cc(C)nc1Nc1ccc(OC(F)(F)F)cc1. The molecule has 0 bridgehead atoms. The summed E-state index contributed by atoms with van der Waals surface area (Å²) in [6.07, 6.45) is -1.79. The van der Waals surface area contributed by atoms with Crippen LogP contribution in [0.3, 0.4) is 0 Å². The Morgan fingerprint density at radius 2 is 1.90 bits per heavy atom. The van der Waals surface area contributed by atoms with Crippen molar-refractivity contribution >= 4 is 11.6 Å². The average molecular weight is 299 g/mol. The third kappa shape index (κ3) is 4.40. The van der Waals surface area contributed by atoms with Crippen molar-refractivity contribution in [2.75, 3.05) is 5.32 Å². The molecule has 1 N–H and O–H groups in total. The van der Waals surface area contributed by atoms with Gasteiger partial charge < -0.3 is 14.6 Å². The van der Waals surface area contributed by atoms with E-state index < -0.39 is 6.36 Å². The number of nitrogens with zero attached hydrogens (tertiary/aromatic N) is 2. The Morgan fingerprint density at radius 1 is 1.24 bits per heavy atom. The van der Waals surface area contributed by atoms with Gasteiger partial charge in [-0.2, -0.15) is 0 Å². The van der Waals surface area contributed by atoms with Gasteiger partial charge in [-0.3, -0.25) is 0 Å². The molecule has 2 aromatic rings. The molecule has 0 fully saturated rings. The highest BCUT2D eigenvalue weighted by Crippen LogP contribution is 2.25.